The average Bonchev–Trinajstić information content (AvgIpc) is 3.13. The van der Waals surface area contributed by atoms with Gasteiger partial charge in [-0.15, -0.1) is 0 Å². The van der Waals surface area contributed by atoms with Crippen molar-refractivity contribution in [1.82, 2.24) is 20.7 Å². The molecule has 3 saturated heterocycles. The van der Waals surface area contributed by atoms with Gasteiger partial charge < -0.3 is 9.64 Å². The van der Waals surface area contributed by atoms with Crippen molar-refractivity contribution in [3.63, 3.8) is 0 Å². The maximum absolute atomic E-state index is 13.0. The van der Waals surface area contributed by atoms with E-state index in [4.69, 9.17) is 4.74 Å². The minimum absolute atomic E-state index is 0.116. The second-order valence-corrected chi connectivity index (χ2v) is 6.97. The SMILES string of the molecule is CC1NNC2C(=O)N(CCN3CCOCC3)C(c3ccccc3)C12. The lowest BCUT2D eigenvalue weighted by atomic mass is 9.87. The third-order valence-corrected chi connectivity index (χ3v) is 5.58. The van der Waals surface area contributed by atoms with Gasteiger partial charge in [0.15, 0.2) is 0 Å². The molecule has 6 heteroatoms. The normalized spacial score (nSPS) is 33.9. The van der Waals surface area contributed by atoms with E-state index in [0.717, 1.165) is 39.4 Å². The molecule has 1 amide bonds. The number of nitrogens with one attached hydrogen (secondary N) is 2. The van der Waals surface area contributed by atoms with Crippen molar-refractivity contribution in [3.05, 3.63) is 35.9 Å². The maximum Gasteiger partial charge on any atom is 0.242 e. The largest absolute Gasteiger partial charge is 0.379 e. The smallest absolute Gasteiger partial charge is 0.242 e. The molecule has 3 aliphatic rings. The summed E-state index contributed by atoms with van der Waals surface area (Å²) in [6.45, 7) is 7.36. The molecule has 24 heavy (non-hydrogen) atoms. The summed E-state index contributed by atoms with van der Waals surface area (Å²) in [5.74, 6) is 0.489. The molecule has 0 bridgehead atoms. The fraction of sp³-hybridized carbons (Fsp3) is 0.611. The number of ether oxygens (including phenoxy) is 1. The number of fused-ring (bicyclic) bond motifs is 1. The van der Waals surface area contributed by atoms with Crippen molar-refractivity contribution >= 4 is 5.91 Å². The van der Waals surface area contributed by atoms with Crippen LogP contribution in [0.2, 0.25) is 0 Å². The molecule has 1 aromatic carbocycles. The Hall–Kier alpha value is -1.47. The van der Waals surface area contributed by atoms with E-state index < -0.39 is 0 Å². The molecular formula is C18H26N4O2. The molecule has 4 atom stereocenters. The summed E-state index contributed by atoms with van der Waals surface area (Å²) < 4.78 is 5.42. The molecule has 0 spiro atoms. The number of likely N-dealkylation sites (tertiary alicyclic amines) is 1. The Bertz CT molecular complexity index is 576. The van der Waals surface area contributed by atoms with Gasteiger partial charge in [-0.05, 0) is 12.5 Å². The first-order chi connectivity index (χ1) is 11.8. The number of rotatable bonds is 4. The van der Waals surface area contributed by atoms with Gasteiger partial charge in [0.2, 0.25) is 5.91 Å². The molecule has 0 radical (unpaired) electrons. The predicted molar refractivity (Wildman–Crippen MR) is 91.2 cm³/mol. The van der Waals surface area contributed by atoms with Crippen molar-refractivity contribution in [2.24, 2.45) is 5.92 Å². The van der Waals surface area contributed by atoms with Gasteiger partial charge in [-0.2, -0.15) is 0 Å². The number of morpholine rings is 1. The Labute approximate surface area is 143 Å². The number of hydrogen-bond donors (Lipinski definition) is 2. The molecule has 6 nitrogen and oxygen atoms in total. The molecule has 3 fully saturated rings. The van der Waals surface area contributed by atoms with E-state index in [9.17, 15) is 4.79 Å². The monoisotopic (exact) mass is 330 g/mol. The Balaban J connectivity index is 1.55. The van der Waals surface area contributed by atoms with Crippen LogP contribution in [0, 0.1) is 5.92 Å². The highest BCUT2D eigenvalue weighted by atomic mass is 16.5. The number of benzene rings is 1. The van der Waals surface area contributed by atoms with Crippen LogP contribution in [0.3, 0.4) is 0 Å². The Morgan fingerprint density at radius 1 is 1.12 bits per heavy atom. The van der Waals surface area contributed by atoms with Crippen LogP contribution in [-0.4, -0.2) is 67.2 Å². The first-order valence-electron chi connectivity index (χ1n) is 8.92. The van der Waals surface area contributed by atoms with E-state index in [1.165, 1.54) is 5.56 Å². The van der Waals surface area contributed by atoms with Crippen LogP contribution < -0.4 is 10.9 Å². The highest BCUT2D eigenvalue weighted by Crippen LogP contribution is 2.41. The number of carbonyl (C=O) groups is 1. The van der Waals surface area contributed by atoms with Gasteiger partial charge >= 0.3 is 0 Å². The van der Waals surface area contributed by atoms with Crippen LogP contribution in [0.25, 0.3) is 0 Å². The van der Waals surface area contributed by atoms with E-state index in [1.54, 1.807) is 0 Å². The highest BCUT2D eigenvalue weighted by molar-refractivity contribution is 5.86. The summed E-state index contributed by atoms with van der Waals surface area (Å²) in [5, 5.41) is 0. The quantitative estimate of drug-likeness (QED) is 0.836. The molecule has 2 N–H and O–H groups in total. The van der Waals surface area contributed by atoms with Gasteiger partial charge in [0.1, 0.15) is 6.04 Å². The third kappa shape index (κ3) is 2.84. The zero-order chi connectivity index (χ0) is 16.5. The fourth-order valence-electron chi connectivity index (χ4n) is 4.28. The molecule has 3 heterocycles. The van der Waals surface area contributed by atoms with Gasteiger partial charge in [0.25, 0.3) is 0 Å². The highest BCUT2D eigenvalue weighted by Gasteiger charge is 2.53. The van der Waals surface area contributed by atoms with Crippen molar-refractivity contribution < 1.29 is 9.53 Å². The zero-order valence-corrected chi connectivity index (χ0v) is 14.1. The minimum Gasteiger partial charge on any atom is -0.379 e. The summed E-state index contributed by atoms with van der Waals surface area (Å²) in [6.07, 6.45) is 0. The lowest BCUT2D eigenvalue weighted by molar-refractivity contribution is -0.131. The summed E-state index contributed by atoms with van der Waals surface area (Å²) in [5.41, 5.74) is 7.70. The van der Waals surface area contributed by atoms with Crippen LogP contribution in [0.4, 0.5) is 0 Å². The lowest BCUT2D eigenvalue weighted by Crippen LogP contribution is -2.46. The molecule has 0 aliphatic carbocycles. The number of nitrogens with zero attached hydrogens (tertiary/aromatic N) is 2. The van der Waals surface area contributed by atoms with Gasteiger partial charge in [-0.25, -0.2) is 5.43 Å². The first kappa shape index (κ1) is 16.0. The summed E-state index contributed by atoms with van der Waals surface area (Å²) in [6, 6.07) is 10.8. The van der Waals surface area contributed by atoms with Crippen molar-refractivity contribution in [2.45, 2.75) is 25.0 Å². The van der Waals surface area contributed by atoms with Gasteiger partial charge in [-0.1, -0.05) is 30.3 Å². The Kier molecular flexibility index (Phi) is 4.54. The van der Waals surface area contributed by atoms with Crippen LogP contribution in [0.1, 0.15) is 18.5 Å². The van der Waals surface area contributed by atoms with Crippen LogP contribution in [0.15, 0.2) is 30.3 Å². The molecule has 3 aliphatic heterocycles. The lowest BCUT2D eigenvalue weighted by Gasteiger charge is -2.33. The molecule has 4 rings (SSSR count). The molecule has 1 aromatic rings. The van der Waals surface area contributed by atoms with Crippen molar-refractivity contribution in [3.8, 4) is 0 Å². The fourth-order valence-corrected chi connectivity index (χ4v) is 4.28. The number of carbonyl (C=O) groups excluding carboxylic acids is 1. The van der Waals surface area contributed by atoms with E-state index in [0.29, 0.717) is 0 Å². The van der Waals surface area contributed by atoms with E-state index in [-0.39, 0.29) is 30.0 Å². The van der Waals surface area contributed by atoms with Crippen LogP contribution >= 0.6 is 0 Å². The average molecular weight is 330 g/mol. The molecule has 130 valence electrons. The van der Waals surface area contributed by atoms with Crippen LogP contribution in [0.5, 0.6) is 0 Å². The zero-order valence-electron chi connectivity index (χ0n) is 14.1. The third-order valence-electron chi connectivity index (χ3n) is 5.58. The maximum atomic E-state index is 13.0. The van der Waals surface area contributed by atoms with Gasteiger partial charge in [-0.3, -0.25) is 15.1 Å². The molecule has 0 saturated carbocycles. The summed E-state index contributed by atoms with van der Waals surface area (Å²) in [4.78, 5) is 17.4. The topological polar surface area (TPSA) is 56.8 Å². The second-order valence-electron chi connectivity index (χ2n) is 6.97. The molecule has 4 unspecified atom stereocenters. The van der Waals surface area contributed by atoms with Gasteiger partial charge in [0, 0.05) is 38.1 Å². The number of hydrogen-bond acceptors (Lipinski definition) is 5. The Morgan fingerprint density at radius 3 is 2.62 bits per heavy atom. The second kappa shape index (κ2) is 6.80. The van der Waals surface area contributed by atoms with Crippen molar-refractivity contribution in [1.29, 1.82) is 0 Å². The molecular weight excluding hydrogens is 304 g/mol. The number of amides is 1. The van der Waals surface area contributed by atoms with Crippen LogP contribution in [-0.2, 0) is 9.53 Å². The predicted octanol–water partition coefficient (Wildman–Crippen LogP) is 0.383. The first-order valence-corrected chi connectivity index (χ1v) is 8.92. The standard InChI is InChI=1S/C18H26N4O2/c1-13-15-16(20-19-13)18(23)22(8-7-21-9-11-24-12-10-21)17(15)14-5-3-2-4-6-14/h2-6,13,15-17,19-20H,7-12H2,1H3. The van der Waals surface area contributed by atoms with E-state index in [2.05, 4.69) is 51.8 Å². The van der Waals surface area contributed by atoms with E-state index >= 15 is 0 Å². The number of hydrazine groups is 1. The van der Waals surface area contributed by atoms with Crippen molar-refractivity contribution in [2.75, 3.05) is 39.4 Å². The minimum atomic E-state index is -0.116. The summed E-state index contributed by atoms with van der Waals surface area (Å²) in [7, 11) is 0. The molecule has 0 aromatic heterocycles. The summed E-state index contributed by atoms with van der Waals surface area (Å²) >= 11 is 0. The van der Waals surface area contributed by atoms with Gasteiger partial charge in [0.05, 0.1) is 19.3 Å². The Morgan fingerprint density at radius 2 is 1.88 bits per heavy atom. The van der Waals surface area contributed by atoms with E-state index in [1.807, 2.05) is 6.07 Å².